The molecule has 0 amide bonds. The van der Waals surface area contributed by atoms with E-state index in [1.54, 1.807) is 24.3 Å². The Kier molecular flexibility index (Phi) is 9.12. The Morgan fingerprint density at radius 2 is 1.92 bits per heavy atom. The lowest BCUT2D eigenvalue weighted by atomic mass is 9.89. The molecule has 0 aliphatic carbocycles. The van der Waals surface area contributed by atoms with Crippen LogP contribution in [-0.2, 0) is 19.0 Å². The zero-order chi connectivity index (χ0) is 19.5. The van der Waals surface area contributed by atoms with Gasteiger partial charge >= 0.3 is 5.97 Å². The quantitative estimate of drug-likeness (QED) is 0.136. The highest BCUT2D eigenvalue weighted by molar-refractivity contribution is 7.86. The largest absolute Gasteiger partial charge is 0.462 e. The number of nitrogens with zero attached hydrogens (tertiary/aromatic N) is 3. The van der Waals surface area contributed by atoms with Gasteiger partial charge in [0, 0.05) is 11.5 Å². The predicted molar refractivity (Wildman–Crippen MR) is 98.1 cm³/mol. The minimum Gasteiger partial charge on any atom is -0.462 e. The van der Waals surface area contributed by atoms with Crippen LogP contribution >= 0.6 is 0 Å². The molecular weight excluding hydrogens is 358 g/mol. The summed E-state index contributed by atoms with van der Waals surface area (Å²) in [6, 6.07) is 8.73. The van der Waals surface area contributed by atoms with Crippen molar-refractivity contribution in [1.82, 2.24) is 0 Å². The van der Waals surface area contributed by atoms with Gasteiger partial charge in [0.05, 0.1) is 24.5 Å². The second-order valence-corrected chi connectivity index (χ2v) is 8.36. The number of hydrogen-bond donors (Lipinski definition) is 0. The molecule has 0 saturated heterocycles. The molecule has 144 valence electrons. The molecule has 0 radical (unpaired) electrons. The summed E-state index contributed by atoms with van der Waals surface area (Å²) in [6.07, 6.45) is 1.47. The van der Waals surface area contributed by atoms with E-state index in [0.717, 1.165) is 0 Å². The second-order valence-electron chi connectivity index (χ2n) is 6.60. The minimum absolute atomic E-state index is 0.0451. The lowest BCUT2D eigenvalue weighted by molar-refractivity contribution is 0.0478. The van der Waals surface area contributed by atoms with E-state index >= 15 is 0 Å². The summed E-state index contributed by atoms with van der Waals surface area (Å²) in [5.41, 5.74) is 8.28. The van der Waals surface area contributed by atoms with Crippen molar-refractivity contribution in [2.45, 2.75) is 33.1 Å². The summed E-state index contributed by atoms with van der Waals surface area (Å²) >= 11 is 0. The molecule has 0 aromatic heterocycles. The van der Waals surface area contributed by atoms with Gasteiger partial charge in [-0.2, -0.15) is 8.42 Å². The average molecular weight is 383 g/mol. The Morgan fingerprint density at radius 3 is 2.58 bits per heavy atom. The molecule has 0 aliphatic heterocycles. The maximum Gasteiger partial charge on any atom is 0.338 e. The van der Waals surface area contributed by atoms with E-state index < -0.39 is 10.1 Å². The third kappa shape index (κ3) is 9.41. The summed E-state index contributed by atoms with van der Waals surface area (Å²) in [5.74, 6) is -0.557. The first-order valence-corrected chi connectivity index (χ1v) is 9.94. The highest BCUT2D eigenvalue weighted by Gasteiger charge is 2.22. The third-order valence-electron chi connectivity index (χ3n) is 3.59. The Labute approximate surface area is 154 Å². The molecule has 1 rings (SSSR count). The first-order valence-electron chi connectivity index (χ1n) is 8.36. The van der Waals surface area contributed by atoms with Gasteiger partial charge in [-0.15, -0.1) is 0 Å². The Hall–Kier alpha value is -2.09. The first kappa shape index (κ1) is 22.0. The molecule has 0 heterocycles. The molecular formula is C17H25N3O5S. The van der Waals surface area contributed by atoms with E-state index in [0.29, 0.717) is 18.4 Å². The monoisotopic (exact) mass is 383 g/mol. The SMILES string of the molecule is CC(C)(CCCOC(=O)c1ccccc1)COS(=O)(=O)CCCN=[N+]=[N-]. The summed E-state index contributed by atoms with van der Waals surface area (Å²) in [7, 11) is -3.64. The van der Waals surface area contributed by atoms with Crippen molar-refractivity contribution in [3.05, 3.63) is 46.3 Å². The van der Waals surface area contributed by atoms with Crippen molar-refractivity contribution < 1.29 is 22.1 Å². The molecule has 0 bridgehead atoms. The van der Waals surface area contributed by atoms with Crippen LogP contribution < -0.4 is 0 Å². The van der Waals surface area contributed by atoms with Crippen molar-refractivity contribution >= 4 is 16.1 Å². The maximum atomic E-state index is 11.8. The number of carbonyl (C=O) groups excluding carboxylic acids is 1. The van der Waals surface area contributed by atoms with Gasteiger partial charge in [-0.3, -0.25) is 4.18 Å². The molecule has 1 aromatic rings. The molecule has 0 saturated carbocycles. The van der Waals surface area contributed by atoms with Gasteiger partial charge in [0.15, 0.2) is 0 Å². The van der Waals surface area contributed by atoms with Crippen LogP contribution in [0.4, 0.5) is 0 Å². The van der Waals surface area contributed by atoms with Gasteiger partial charge in [0.25, 0.3) is 10.1 Å². The lowest BCUT2D eigenvalue weighted by Crippen LogP contribution is -2.24. The standard InChI is InChI=1S/C17H25N3O5S/c1-17(2,14-25-26(22,23)13-7-11-19-20-18)10-6-12-24-16(21)15-8-4-3-5-9-15/h3-5,8-9H,6-7,10-14H2,1-2H3. The molecule has 0 fully saturated rings. The van der Waals surface area contributed by atoms with Crippen LogP contribution in [0, 0.1) is 5.41 Å². The van der Waals surface area contributed by atoms with Crippen molar-refractivity contribution in [2.75, 3.05) is 25.5 Å². The Morgan fingerprint density at radius 1 is 1.23 bits per heavy atom. The van der Waals surface area contributed by atoms with Gasteiger partial charge in [0.1, 0.15) is 0 Å². The fraction of sp³-hybridized carbons (Fsp3) is 0.588. The fourth-order valence-corrected chi connectivity index (χ4v) is 3.21. The number of benzene rings is 1. The summed E-state index contributed by atoms with van der Waals surface area (Å²) < 4.78 is 33.8. The number of azide groups is 1. The molecule has 8 nitrogen and oxygen atoms in total. The highest BCUT2D eigenvalue weighted by atomic mass is 32.2. The summed E-state index contributed by atoms with van der Waals surface area (Å²) in [6.45, 7) is 4.21. The zero-order valence-electron chi connectivity index (χ0n) is 15.1. The molecule has 0 unspecified atom stereocenters. The normalized spacial score (nSPS) is 11.6. The Balaban J connectivity index is 2.28. The predicted octanol–water partition coefficient (Wildman–Crippen LogP) is 3.70. The number of ether oxygens (including phenoxy) is 1. The van der Waals surface area contributed by atoms with Crippen LogP contribution in [-0.4, -0.2) is 39.9 Å². The van der Waals surface area contributed by atoms with Crippen LogP contribution in [0.15, 0.2) is 35.4 Å². The lowest BCUT2D eigenvalue weighted by Gasteiger charge is -2.23. The number of hydrogen-bond acceptors (Lipinski definition) is 6. The van der Waals surface area contributed by atoms with E-state index in [1.807, 2.05) is 19.9 Å². The molecule has 26 heavy (non-hydrogen) atoms. The zero-order valence-corrected chi connectivity index (χ0v) is 15.9. The van der Waals surface area contributed by atoms with E-state index in [9.17, 15) is 13.2 Å². The summed E-state index contributed by atoms with van der Waals surface area (Å²) in [5, 5.41) is 3.29. The van der Waals surface area contributed by atoms with Crippen molar-refractivity contribution in [3.8, 4) is 0 Å². The number of esters is 1. The molecule has 0 spiro atoms. The highest BCUT2D eigenvalue weighted by Crippen LogP contribution is 2.23. The van der Waals surface area contributed by atoms with Gasteiger partial charge in [0.2, 0.25) is 0 Å². The number of rotatable bonds is 12. The van der Waals surface area contributed by atoms with Crippen LogP contribution in [0.1, 0.15) is 43.5 Å². The first-order chi connectivity index (χ1) is 12.3. The average Bonchev–Trinajstić information content (AvgIpc) is 2.62. The third-order valence-corrected chi connectivity index (χ3v) is 4.85. The van der Waals surface area contributed by atoms with Gasteiger partial charge < -0.3 is 4.74 Å². The maximum absolute atomic E-state index is 11.8. The van der Waals surface area contributed by atoms with Crippen LogP contribution in [0.3, 0.4) is 0 Å². The van der Waals surface area contributed by atoms with Crippen molar-refractivity contribution in [3.63, 3.8) is 0 Å². The molecule has 0 atom stereocenters. The molecule has 0 aliphatic rings. The van der Waals surface area contributed by atoms with E-state index in [-0.39, 0.29) is 43.3 Å². The minimum atomic E-state index is -3.64. The molecule has 0 N–H and O–H groups in total. The van der Waals surface area contributed by atoms with Gasteiger partial charge in [-0.25, -0.2) is 4.79 Å². The van der Waals surface area contributed by atoms with Crippen LogP contribution in [0.25, 0.3) is 10.4 Å². The fourth-order valence-electron chi connectivity index (χ4n) is 2.11. The van der Waals surface area contributed by atoms with Crippen molar-refractivity contribution in [2.24, 2.45) is 10.5 Å². The van der Waals surface area contributed by atoms with E-state index in [1.165, 1.54) is 0 Å². The number of carbonyl (C=O) groups is 1. The van der Waals surface area contributed by atoms with Gasteiger partial charge in [-0.05, 0) is 42.3 Å². The Bertz CT molecular complexity index is 713. The topological polar surface area (TPSA) is 118 Å². The van der Waals surface area contributed by atoms with Crippen LogP contribution in [0.5, 0.6) is 0 Å². The van der Waals surface area contributed by atoms with Gasteiger partial charge in [-0.1, -0.05) is 37.2 Å². The summed E-state index contributed by atoms with van der Waals surface area (Å²) in [4.78, 5) is 14.4. The molecule has 1 aromatic carbocycles. The van der Waals surface area contributed by atoms with Crippen molar-refractivity contribution in [1.29, 1.82) is 0 Å². The van der Waals surface area contributed by atoms with E-state index in [4.69, 9.17) is 14.5 Å². The van der Waals surface area contributed by atoms with Crippen LogP contribution in [0.2, 0.25) is 0 Å². The smallest absolute Gasteiger partial charge is 0.338 e. The second kappa shape index (κ2) is 10.8. The molecule has 9 heteroatoms. The van der Waals surface area contributed by atoms with E-state index in [2.05, 4.69) is 10.0 Å².